The Morgan fingerprint density at radius 3 is 2.29 bits per heavy atom. The second kappa shape index (κ2) is 3.31. The second-order valence-electron chi connectivity index (χ2n) is 3.85. The van der Waals surface area contributed by atoms with Crippen LogP contribution in [0.25, 0.3) is 0 Å². The number of hydrogen-bond donors (Lipinski definition) is 1. The number of nitrogens with two attached hydrogens (primary N) is 1. The van der Waals surface area contributed by atoms with E-state index in [1.165, 1.54) is 12.1 Å². The van der Waals surface area contributed by atoms with Gasteiger partial charge in [0.15, 0.2) is 0 Å². The molecule has 76 valence electrons. The minimum Gasteiger partial charge on any atom is -0.322 e. The fraction of sp³-hybridized carbons (Fsp3) is 0.455. The maximum Gasteiger partial charge on any atom is 0.288 e. The largest absolute Gasteiger partial charge is 0.322 e. The third kappa shape index (κ3) is 1.64. The van der Waals surface area contributed by atoms with Gasteiger partial charge < -0.3 is 5.73 Å². The van der Waals surface area contributed by atoms with Crippen molar-refractivity contribution < 1.29 is 8.78 Å². The normalized spacial score (nSPS) is 19.4. The lowest BCUT2D eigenvalue weighted by Gasteiger charge is -2.23. The molecule has 1 aliphatic carbocycles. The van der Waals surface area contributed by atoms with Crippen LogP contribution in [-0.2, 0) is 5.92 Å². The third-order valence-corrected chi connectivity index (χ3v) is 2.71. The van der Waals surface area contributed by atoms with Crippen LogP contribution >= 0.6 is 0 Å². The summed E-state index contributed by atoms with van der Waals surface area (Å²) in [6.07, 6.45) is 1.67. The summed E-state index contributed by atoms with van der Waals surface area (Å²) in [6.45, 7) is 0. The maximum atomic E-state index is 13.7. The molecule has 0 amide bonds. The molecule has 0 saturated heterocycles. The molecule has 1 nitrogen and oxygen atoms in total. The van der Waals surface area contributed by atoms with Crippen molar-refractivity contribution >= 4 is 0 Å². The van der Waals surface area contributed by atoms with Crippen LogP contribution in [0, 0.1) is 5.92 Å². The molecular weight excluding hydrogens is 184 g/mol. The Labute approximate surface area is 81.9 Å². The number of alkyl halides is 2. The van der Waals surface area contributed by atoms with Crippen LogP contribution in [0.1, 0.15) is 18.4 Å². The molecule has 1 atom stereocenters. The highest BCUT2D eigenvalue weighted by Crippen LogP contribution is 2.42. The summed E-state index contributed by atoms with van der Waals surface area (Å²) in [5, 5.41) is 0. The first-order valence-corrected chi connectivity index (χ1v) is 4.81. The molecule has 0 aromatic heterocycles. The van der Waals surface area contributed by atoms with Gasteiger partial charge in [0.1, 0.15) is 0 Å². The minimum atomic E-state index is -2.89. The number of benzene rings is 1. The van der Waals surface area contributed by atoms with Crippen LogP contribution in [0.3, 0.4) is 0 Å². The molecule has 0 heterocycles. The van der Waals surface area contributed by atoms with E-state index in [2.05, 4.69) is 0 Å². The topological polar surface area (TPSA) is 26.0 Å². The number of rotatable bonds is 3. The highest BCUT2D eigenvalue weighted by molar-refractivity contribution is 5.22. The van der Waals surface area contributed by atoms with Crippen LogP contribution in [-0.4, -0.2) is 6.04 Å². The van der Waals surface area contributed by atoms with Gasteiger partial charge >= 0.3 is 0 Å². The first-order chi connectivity index (χ1) is 6.62. The van der Waals surface area contributed by atoms with Gasteiger partial charge in [-0.15, -0.1) is 0 Å². The highest BCUT2D eigenvalue weighted by Gasteiger charge is 2.46. The van der Waals surface area contributed by atoms with Crippen molar-refractivity contribution in [3.8, 4) is 0 Å². The smallest absolute Gasteiger partial charge is 0.288 e. The van der Waals surface area contributed by atoms with Crippen molar-refractivity contribution in [1.82, 2.24) is 0 Å². The monoisotopic (exact) mass is 197 g/mol. The van der Waals surface area contributed by atoms with Crippen molar-refractivity contribution in [1.29, 1.82) is 0 Å². The summed E-state index contributed by atoms with van der Waals surface area (Å²) in [7, 11) is 0. The van der Waals surface area contributed by atoms with Gasteiger partial charge in [0.05, 0.1) is 6.04 Å². The van der Waals surface area contributed by atoms with E-state index in [0.717, 1.165) is 12.8 Å². The molecule has 0 radical (unpaired) electrons. The Morgan fingerprint density at radius 1 is 1.21 bits per heavy atom. The molecule has 1 aromatic carbocycles. The molecule has 1 aromatic rings. The van der Waals surface area contributed by atoms with E-state index in [1.54, 1.807) is 18.2 Å². The van der Waals surface area contributed by atoms with Gasteiger partial charge in [-0.3, -0.25) is 0 Å². The molecule has 1 aliphatic rings. The van der Waals surface area contributed by atoms with E-state index in [-0.39, 0.29) is 11.5 Å². The molecule has 1 fully saturated rings. The fourth-order valence-corrected chi connectivity index (χ4v) is 1.60. The van der Waals surface area contributed by atoms with Crippen LogP contribution in [0.4, 0.5) is 8.78 Å². The maximum absolute atomic E-state index is 13.7. The van der Waals surface area contributed by atoms with E-state index in [1.807, 2.05) is 0 Å². The van der Waals surface area contributed by atoms with Gasteiger partial charge in [-0.1, -0.05) is 30.3 Å². The Bertz CT molecular complexity index is 306. The summed E-state index contributed by atoms with van der Waals surface area (Å²) >= 11 is 0. The highest BCUT2D eigenvalue weighted by atomic mass is 19.3. The van der Waals surface area contributed by atoms with Gasteiger partial charge in [0.25, 0.3) is 5.92 Å². The van der Waals surface area contributed by atoms with Crippen LogP contribution in [0.2, 0.25) is 0 Å². The molecule has 2 rings (SSSR count). The lowest BCUT2D eigenvalue weighted by Crippen LogP contribution is -2.40. The molecule has 14 heavy (non-hydrogen) atoms. The fourth-order valence-electron chi connectivity index (χ4n) is 1.60. The second-order valence-corrected chi connectivity index (χ2v) is 3.85. The van der Waals surface area contributed by atoms with Crippen molar-refractivity contribution in [2.75, 3.05) is 0 Å². The van der Waals surface area contributed by atoms with Gasteiger partial charge in [0, 0.05) is 5.56 Å². The molecular formula is C11H13F2N. The Kier molecular flexibility index (Phi) is 2.27. The standard InChI is InChI=1S/C11H13F2N/c12-11(13,10(14)8-6-7-8)9-4-2-1-3-5-9/h1-5,8,10H,6-7,14H2/t10-/m1/s1. The first-order valence-electron chi connectivity index (χ1n) is 4.81. The average molecular weight is 197 g/mol. The van der Waals surface area contributed by atoms with Gasteiger partial charge in [0.2, 0.25) is 0 Å². The predicted octanol–water partition coefficient (Wildman–Crippen LogP) is 2.52. The van der Waals surface area contributed by atoms with E-state index >= 15 is 0 Å². The average Bonchev–Trinajstić information content (AvgIpc) is 3.01. The molecule has 3 heteroatoms. The lowest BCUT2D eigenvalue weighted by molar-refractivity contribution is -0.0379. The number of halogens is 2. The summed E-state index contributed by atoms with van der Waals surface area (Å²) in [4.78, 5) is 0. The van der Waals surface area contributed by atoms with Crippen LogP contribution < -0.4 is 5.73 Å². The molecule has 0 bridgehead atoms. The van der Waals surface area contributed by atoms with Gasteiger partial charge in [-0.25, -0.2) is 0 Å². The van der Waals surface area contributed by atoms with Crippen molar-refractivity contribution in [3.05, 3.63) is 35.9 Å². The SMILES string of the molecule is N[C@H](C1CC1)C(F)(F)c1ccccc1. The third-order valence-electron chi connectivity index (χ3n) is 2.71. The molecule has 0 spiro atoms. The lowest BCUT2D eigenvalue weighted by atomic mass is 9.98. The summed E-state index contributed by atoms with van der Waals surface area (Å²) in [6, 6.07) is 6.79. The Balaban J connectivity index is 2.22. The van der Waals surface area contributed by atoms with E-state index in [4.69, 9.17) is 5.73 Å². The first kappa shape index (κ1) is 9.59. The molecule has 1 saturated carbocycles. The van der Waals surface area contributed by atoms with Gasteiger partial charge in [-0.05, 0) is 18.8 Å². The van der Waals surface area contributed by atoms with E-state index < -0.39 is 12.0 Å². The van der Waals surface area contributed by atoms with Crippen LogP contribution in [0.15, 0.2) is 30.3 Å². The zero-order chi connectivity index (χ0) is 10.2. The zero-order valence-corrected chi connectivity index (χ0v) is 7.79. The predicted molar refractivity (Wildman–Crippen MR) is 51.0 cm³/mol. The number of hydrogen-bond acceptors (Lipinski definition) is 1. The van der Waals surface area contributed by atoms with E-state index in [0.29, 0.717) is 0 Å². The summed E-state index contributed by atoms with van der Waals surface area (Å²) < 4.78 is 27.4. The zero-order valence-electron chi connectivity index (χ0n) is 7.79. The Morgan fingerprint density at radius 2 is 1.79 bits per heavy atom. The van der Waals surface area contributed by atoms with Gasteiger partial charge in [-0.2, -0.15) is 8.78 Å². The quantitative estimate of drug-likeness (QED) is 0.791. The van der Waals surface area contributed by atoms with Crippen molar-refractivity contribution in [2.45, 2.75) is 24.8 Å². The van der Waals surface area contributed by atoms with Crippen molar-refractivity contribution in [2.24, 2.45) is 11.7 Å². The van der Waals surface area contributed by atoms with Crippen LogP contribution in [0.5, 0.6) is 0 Å². The summed E-state index contributed by atoms with van der Waals surface area (Å²) in [5.74, 6) is -2.88. The van der Waals surface area contributed by atoms with Crippen molar-refractivity contribution in [3.63, 3.8) is 0 Å². The molecule has 0 aliphatic heterocycles. The van der Waals surface area contributed by atoms with E-state index in [9.17, 15) is 8.78 Å². The molecule has 2 N–H and O–H groups in total. The minimum absolute atomic E-state index is 0.00482. The molecule has 0 unspecified atom stereocenters. The summed E-state index contributed by atoms with van der Waals surface area (Å²) in [5.41, 5.74) is 5.57. The Hall–Kier alpha value is -0.960.